The van der Waals surface area contributed by atoms with Crippen molar-refractivity contribution >= 4 is 27.5 Å². The van der Waals surface area contributed by atoms with Crippen molar-refractivity contribution in [1.82, 2.24) is 4.98 Å². The van der Waals surface area contributed by atoms with Crippen LogP contribution in [-0.2, 0) is 6.54 Å². The fourth-order valence-corrected chi connectivity index (χ4v) is 1.78. The third kappa shape index (κ3) is 2.07. The van der Waals surface area contributed by atoms with Crippen molar-refractivity contribution in [2.24, 2.45) is 5.73 Å². The van der Waals surface area contributed by atoms with Crippen molar-refractivity contribution in [1.29, 1.82) is 0 Å². The van der Waals surface area contributed by atoms with Crippen LogP contribution >= 0.6 is 27.5 Å². The van der Waals surface area contributed by atoms with E-state index in [2.05, 4.69) is 20.9 Å². The molecule has 5 heteroatoms. The molecule has 0 amide bonds. The van der Waals surface area contributed by atoms with Crippen LogP contribution in [0.25, 0.3) is 11.3 Å². The summed E-state index contributed by atoms with van der Waals surface area (Å²) in [6.07, 6.45) is 1.39. The van der Waals surface area contributed by atoms with E-state index in [1.54, 1.807) is 6.07 Å². The zero-order chi connectivity index (χ0) is 10.8. The summed E-state index contributed by atoms with van der Waals surface area (Å²) in [6, 6.07) is 5.54. The van der Waals surface area contributed by atoms with Crippen molar-refractivity contribution in [2.75, 3.05) is 0 Å². The molecule has 0 radical (unpaired) electrons. The van der Waals surface area contributed by atoms with Gasteiger partial charge in [-0.2, -0.15) is 0 Å². The van der Waals surface area contributed by atoms with Gasteiger partial charge in [-0.05, 0) is 34.1 Å². The fraction of sp³-hybridized carbons (Fsp3) is 0.100. The molecule has 0 aliphatic rings. The first-order valence-electron chi connectivity index (χ1n) is 4.30. The summed E-state index contributed by atoms with van der Waals surface area (Å²) >= 11 is 9.25. The van der Waals surface area contributed by atoms with Crippen LogP contribution in [0.2, 0.25) is 5.02 Å². The molecule has 0 saturated heterocycles. The molecule has 0 bridgehead atoms. The van der Waals surface area contributed by atoms with Gasteiger partial charge in [0.2, 0.25) is 0 Å². The molecule has 0 atom stereocenters. The van der Waals surface area contributed by atoms with Gasteiger partial charge < -0.3 is 10.2 Å². The minimum Gasteiger partial charge on any atom is -0.443 e. The summed E-state index contributed by atoms with van der Waals surface area (Å²) in [5.41, 5.74) is 7.19. The van der Waals surface area contributed by atoms with Gasteiger partial charge >= 0.3 is 0 Å². The molecule has 15 heavy (non-hydrogen) atoms. The lowest BCUT2D eigenvalue weighted by molar-refractivity contribution is 0.571. The lowest BCUT2D eigenvalue weighted by atomic mass is 10.1. The summed E-state index contributed by atoms with van der Waals surface area (Å²) in [5, 5.41) is 0.660. The lowest BCUT2D eigenvalue weighted by Crippen LogP contribution is -1.98. The van der Waals surface area contributed by atoms with Crippen molar-refractivity contribution in [3.63, 3.8) is 0 Å². The lowest BCUT2D eigenvalue weighted by Gasteiger charge is -2.01. The van der Waals surface area contributed by atoms with E-state index >= 15 is 0 Å². The third-order valence-electron chi connectivity index (χ3n) is 2.02. The minimum atomic E-state index is 0.353. The van der Waals surface area contributed by atoms with E-state index in [-0.39, 0.29) is 0 Å². The zero-order valence-electron chi connectivity index (χ0n) is 7.71. The number of nitrogens with zero attached hydrogens (tertiary/aromatic N) is 1. The van der Waals surface area contributed by atoms with Gasteiger partial charge in [-0.25, -0.2) is 4.98 Å². The van der Waals surface area contributed by atoms with Gasteiger partial charge in [-0.15, -0.1) is 0 Å². The number of aromatic nitrogens is 1. The second kappa shape index (κ2) is 4.35. The summed E-state index contributed by atoms with van der Waals surface area (Å²) in [7, 11) is 0. The summed E-state index contributed by atoms with van der Waals surface area (Å²) in [4.78, 5) is 4.02. The van der Waals surface area contributed by atoms with Crippen LogP contribution in [0.5, 0.6) is 0 Å². The predicted molar refractivity (Wildman–Crippen MR) is 62.5 cm³/mol. The molecule has 0 saturated carbocycles. The molecule has 78 valence electrons. The highest BCUT2D eigenvalue weighted by atomic mass is 79.9. The maximum Gasteiger partial charge on any atom is 0.181 e. The Hall–Kier alpha value is -0.840. The second-order valence-corrected chi connectivity index (χ2v) is 4.22. The molecular weight excluding hydrogens is 279 g/mol. The van der Waals surface area contributed by atoms with Crippen LogP contribution in [0.3, 0.4) is 0 Å². The topological polar surface area (TPSA) is 52.0 Å². The highest BCUT2D eigenvalue weighted by Gasteiger charge is 2.10. The average molecular weight is 288 g/mol. The first-order chi connectivity index (χ1) is 7.22. The minimum absolute atomic E-state index is 0.353. The van der Waals surface area contributed by atoms with E-state index in [0.29, 0.717) is 17.3 Å². The molecule has 0 aliphatic carbocycles. The molecule has 0 unspecified atom stereocenters. The predicted octanol–water partition coefficient (Wildman–Crippen LogP) is 3.22. The SMILES string of the molecule is NCc1ncoc1-c1ccc(Cl)c(Br)c1. The van der Waals surface area contributed by atoms with Gasteiger partial charge in [0.25, 0.3) is 0 Å². The van der Waals surface area contributed by atoms with Gasteiger partial charge in [-0.1, -0.05) is 11.6 Å². The quantitative estimate of drug-likeness (QED) is 0.922. The number of benzene rings is 1. The Balaban J connectivity index is 2.50. The Labute approximate surface area is 100 Å². The summed E-state index contributed by atoms with van der Waals surface area (Å²) in [5.74, 6) is 0.690. The Morgan fingerprint density at radius 3 is 2.93 bits per heavy atom. The number of halogens is 2. The largest absolute Gasteiger partial charge is 0.443 e. The van der Waals surface area contributed by atoms with E-state index in [1.807, 2.05) is 12.1 Å². The highest BCUT2D eigenvalue weighted by molar-refractivity contribution is 9.10. The monoisotopic (exact) mass is 286 g/mol. The van der Waals surface area contributed by atoms with Gasteiger partial charge in [0.05, 0.1) is 5.02 Å². The second-order valence-electron chi connectivity index (χ2n) is 2.96. The van der Waals surface area contributed by atoms with E-state index < -0.39 is 0 Å². The first kappa shape index (κ1) is 10.7. The van der Waals surface area contributed by atoms with Gasteiger partial charge in [0.15, 0.2) is 12.2 Å². The average Bonchev–Trinajstić information content (AvgIpc) is 2.70. The fourth-order valence-electron chi connectivity index (χ4n) is 1.29. The molecule has 1 heterocycles. The Kier molecular flexibility index (Phi) is 3.09. The number of oxazole rings is 1. The number of hydrogen-bond donors (Lipinski definition) is 1. The van der Waals surface area contributed by atoms with E-state index in [4.69, 9.17) is 21.8 Å². The van der Waals surface area contributed by atoms with Crippen LogP contribution in [0.15, 0.2) is 33.5 Å². The molecule has 0 aliphatic heterocycles. The number of hydrogen-bond acceptors (Lipinski definition) is 3. The van der Waals surface area contributed by atoms with Crippen LogP contribution in [-0.4, -0.2) is 4.98 Å². The molecule has 2 N–H and O–H groups in total. The molecule has 3 nitrogen and oxygen atoms in total. The van der Waals surface area contributed by atoms with Crippen molar-refractivity contribution in [2.45, 2.75) is 6.54 Å². The number of rotatable bonds is 2. The standard InChI is InChI=1S/C10H8BrClN2O/c11-7-3-6(1-2-8(7)12)10-9(4-13)14-5-15-10/h1-3,5H,4,13H2. The molecular formula is C10H8BrClN2O. The third-order valence-corrected chi connectivity index (χ3v) is 3.23. The normalized spacial score (nSPS) is 10.6. The molecule has 0 spiro atoms. The molecule has 2 rings (SSSR count). The van der Waals surface area contributed by atoms with E-state index in [0.717, 1.165) is 15.7 Å². The molecule has 1 aromatic carbocycles. The summed E-state index contributed by atoms with van der Waals surface area (Å²) in [6.45, 7) is 0.353. The van der Waals surface area contributed by atoms with Gasteiger partial charge in [-0.3, -0.25) is 0 Å². The van der Waals surface area contributed by atoms with Crippen LogP contribution < -0.4 is 5.73 Å². The maximum absolute atomic E-state index is 5.90. The molecule has 1 aromatic heterocycles. The summed E-state index contributed by atoms with van der Waals surface area (Å²) < 4.78 is 6.10. The number of nitrogens with two attached hydrogens (primary N) is 1. The smallest absolute Gasteiger partial charge is 0.181 e. The van der Waals surface area contributed by atoms with Crippen LogP contribution in [0.1, 0.15) is 5.69 Å². The molecule has 2 aromatic rings. The Morgan fingerprint density at radius 2 is 2.27 bits per heavy atom. The van der Waals surface area contributed by atoms with Gasteiger partial charge in [0, 0.05) is 16.6 Å². The van der Waals surface area contributed by atoms with Crippen LogP contribution in [0, 0.1) is 0 Å². The van der Waals surface area contributed by atoms with Gasteiger partial charge in [0.1, 0.15) is 5.69 Å². The zero-order valence-corrected chi connectivity index (χ0v) is 10.0. The van der Waals surface area contributed by atoms with E-state index in [1.165, 1.54) is 6.39 Å². The van der Waals surface area contributed by atoms with Crippen molar-refractivity contribution < 1.29 is 4.42 Å². The first-order valence-corrected chi connectivity index (χ1v) is 5.47. The molecule has 0 fully saturated rings. The maximum atomic E-state index is 5.90. The Morgan fingerprint density at radius 1 is 1.47 bits per heavy atom. The van der Waals surface area contributed by atoms with Crippen molar-refractivity contribution in [3.8, 4) is 11.3 Å². The van der Waals surface area contributed by atoms with E-state index in [9.17, 15) is 0 Å². The Bertz CT molecular complexity index is 484. The van der Waals surface area contributed by atoms with Crippen LogP contribution in [0.4, 0.5) is 0 Å². The highest BCUT2D eigenvalue weighted by Crippen LogP contribution is 2.30. The van der Waals surface area contributed by atoms with Crippen molar-refractivity contribution in [3.05, 3.63) is 39.8 Å².